The van der Waals surface area contributed by atoms with Crippen LogP contribution in [0.15, 0.2) is 12.7 Å². The van der Waals surface area contributed by atoms with E-state index in [9.17, 15) is 0 Å². The average molecular weight is 471 g/mol. The quantitative estimate of drug-likeness (QED) is 0.406. The van der Waals surface area contributed by atoms with Crippen LogP contribution < -0.4 is 0 Å². The van der Waals surface area contributed by atoms with Gasteiger partial charge in [-0.25, -0.2) is 0 Å². The third-order valence-corrected chi connectivity index (χ3v) is 1.18. The minimum atomic E-state index is 0. The first kappa shape index (κ1) is 23.0. The minimum absolute atomic E-state index is 0. The summed E-state index contributed by atoms with van der Waals surface area (Å²) in [6.07, 6.45) is 1.94. The maximum absolute atomic E-state index is 3.51. The summed E-state index contributed by atoms with van der Waals surface area (Å²) < 4.78 is 1.22. The van der Waals surface area contributed by atoms with Crippen LogP contribution in [-0.2, 0) is 50.2 Å². The van der Waals surface area contributed by atoms with Crippen molar-refractivity contribution in [1.82, 2.24) is 0 Å². The maximum Gasteiger partial charge on any atom is 0 e. The molecule has 0 aliphatic rings. The standard InChI is InChI=1S/C3H5.2ClH.2Hf/c1-3-2;;;;/h3H,1-2H2;2*1H;;. The second-order valence-corrected chi connectivity index (χ2v) is 1.96. The van der Waals surface area contributed by atoms with E-state index in [1.165, 1.54) is 28.6 Å². The Hall–Kier alpha value is 2.06. The van der Waals surface area contributed by atoms with Crippen LogP contribution in [0.3, 0.4) is 0 Å². The van der Waals surface area contributed by atoms with Crippen molar-refractivity contribution in [2.75, 3.05) is 0 Å². The molecule has 0 saturated heterocycles. The monoisotopic (exact) mass is 473 g/mol. The van der Waals surface area contributed by atoms with Crippen molar-refractivity contribution in [2.45, 2.75) is 4.18 Å². The third kappa shape index (κ3) is 31.6. The van der Waals surface area contributed by atoms with Crippen LogP contribution >= 0.6 is 24.8 Å². The van der Waals surface area contributed by atoms with E-state index in [1.807, 2.05) is 6.08 Å². The molecule has 0 heterocycles. The summed E-state index contributed by atoms with van der Waals surface area (Å²) >= 11 is 1.27. The zero-order chi connectivity index (χ0) is 3.41. The normalized spacial score (nSPS) is 3.29. The van der Waals surface area contributed by atoms with Gasteiger partial charge in [-0.05, 0) is 0 Å². The largest absolute Gasteiger partial charge is 0.147 e. The second-order valence-electron chi connectivity index (χ2n) is 0.493. The first-order valence-corrected chi connectivity index (χ1v) is 3.71. The summed E-state index contributed by atoms with van der Waals surface area (Å²) in [6, 6.07) is 0. The summed E-state index contributed by atoms with van der Waals surface area (Å²) in [5.41, 5.74) is 0. The summed E-state index contributed by atoms with van der Waals surface area (Å²) in [6.45, 7) is 3.51. The molecular weight excluding hydrogens is 464 g/mol. The van der Waals surface area contributed by atoms with Crippen molar-refractivity contribution in [3.8, 4) is 0 Å². The molecule has 0 amide bonds. The topological polar surface area (TPSA) is 0 Å². The van der Waals surface area contributed by atoms with E-state index in [0.29, 0.717) is 0 Å². The molecule has 0 bridgehead atoms. The molecule has 7 heavy (non-hydrogen) atoms. The number of rotatable bonds is 1. The van der Waals surface area contributed by atoms with Gasteiger partial charge in [0.2, 0.25) is 0 Å². The van der Waals surface area contributed by atoms with Gasteiger partial charge in [0, 0.05) is 25.8 Å². The van der Waals surface area contributed by atoms with Crippen molar-refractivity contribution in [3.63, 3.8) is 0 Å². The molecule has 0 aliphatic carbocycles. The Balaban J connectivity index is -0.0000000150. The zero-order valence-corrected chi connectivity index (χ0v) is 12.6. The molecule has 0 atom stereocenters. The molecule has 0 aromatic heterocycles. The summed E-state index contributed by atoms with van der Waals surface area (Å²) in [7, 11) is 0. The van der Waals surface area contributed by atoms with Gasteiger partial charge in [-0.1, -0.05) is 0 Å². The Morgan fingerprint density at radius 1 is 1.43 bits per heavy atom. The predicted molar refractivity (Wildman–Crippen MR) is 29.5 cm³/mol. The van der Waals surface area contributed by atoms with Crippen LogP contribution in [0.25, 0.3) is 0 Å². The molecule has 0 aromatic carbocycles. The molecule has 0 aromatic rings. The number of halogens is 2. The van der Waals surface area contributed by atoms with Gasteiger partial charge in [0.05, 0.1) is 0 Å². The number of allylic oxidation sites excluding steroid dienone is 1. The fraction of sp³-hybridized carbons (Fsp3) is 0.333. The summed E-state index contributed by atoms with van der Waals surface area (Å²) in [5, 5.41) is 0. The zero-order valence-electron chi connectivity index (χ0n) is 3.81. The van der Waals surface area contributed by atoms with Crippen LogP contribution in [0, 0.1) is 0 Å². The van der Waals surface area contributed by atoms with Crippen molar-refractivity contribution in [3.05, 3.63) is 12.7 Å². The molecule has 0 N–H and O–H groups in total. The molecule has 0 radical (unpaired) electrons. The molecule has 0 saturated carbocycles. The van der Waals surface area contributed by atoms with Gasteiger partial charge in [-0.2, -0.15) is 0 Å². The average Bonchev–Trinajstić information content (AvgIpc) is 1.37. The van der Waals surface area contributed by atoms with Crippen LogP contribution in [0.4, 0.5) is 0 Å². The molecule has 0 rings (SSSR count). The van der Waals surface area contributed by atoms with Gasteiger partial charge in [-0.3, -0.25) is 0 Å². The predicted octanol–water partition coefficient (Wildman–Crippen LogP) is 1.98. The maximum atomic E-state index is 3.51. The third-order valence-electron chi connectivity index (χ3n) is 0.144. The Kier molecular flexibility index (Phi) is 80.0. The minimum Gasteiger partial charge on any atom is -0.147 e. The van der Waals surface area contributed by atoms with Gasteiger partial charge < -0.3 is 0 Å². The summed E-state index contributed by atoms with van der Waals surface area (Å²) in [4.78, 5) is 0. The van der Waals surface area contributed by atoms with Crippen molar-refractivity contribution in [2.24, 2.45) is 0 Å². The van der Waals surface area contributed by atoms with E-state index in [4.69, 9.17) is 0 Å². The van der Waals surface area contributed by atoms with Crippen molar-refractivity contribution in [1.29, 1.82) is 0 Å². The van der Waals surface area contributed by atoms with Gasteiger partial charge in [0.25, 0.3) is 0 Å². The van der Waals surface area contributed by atoms with Crippen molar-refractivity contribution >= 4 is 24.8 Å². The Bertz CT molecular complexity index is 24.9. The van der Waals surface area contributed by atoms with Gasteiger partial charge in [0.15, 0.2) is 0 Å². The Morgan fingerprint density at radius 2 is 1.57 bits per heavy atom. The first-order valence-electron chi connectivity index (χ1n) is 1.17. The molecule has 41 valence electrons. The van der Waals surface area contributed by atoms with E-state index in [-0.39, 0.29) is 50.7 Å². The number of hydrogen-bond donors (Lipinski definition) is 0. The van der Waals surface area contributed by atoms with Gasteiger partial charge >= 0.3 is 41.2 Å². The van der Waals surface area contributed by atoms with Crippen LogP contribution in [0.1, 0.15) is 0 Å². The van der Waals surface area contributed by atoms with E-state index in [0.717, 1.165) is 0 Å². The Labute approximate surface area is 90.7 Å². The number of hydrogen-bond acceptors (Lipinski definition) is 0. The molecule has 0 fully saturated rings. The molecule has 4 heteroatoms. The molecule has 0 unspecified atom stereocenters. The van der Waals surface area contributed by atoms with Crippen molar-refractivity contribution < 1.29 is 50.2 Å². The molecular formula is C3H7Cl2Hf2. The first-order chi connectivity index (χ1) is 1.91. The van der Waals surface area contributed by atoms with Gasteiger partial charge in [0.1, 0.15) is 0 Å². The molecule has 0 aliphatic heterocycles. The van der Waals surface area contributed by atoms with E-state index < -0.39 is 0 Å². The van der Waals surface area contributed by atoms with Gasteiger partial charge in [-0.15, -0.1) is 24.8 Å². The SMILES string of the molecule is C=C[CH2][Hf].Cl.Cl.[Hf]. The van der Waals surface area contributed by atoms with Crippen LogP contribution in [-0.4, -0.2) is 0 Å². The molecule has 0 nitrogen and oxygen atoms in total. The Morgan fingerprint density at radius 3 is 1.57 bits per heavy atom. The van der Waals surface area contributed by atoms with Crippen LogP contribution in [0.2, 0.25) is 4.18 Å². The van der Waals surface area contributed by atoms with E-state index in [2.05, 4.69) is 6.58 Å². The van der Waals surface area contributed by atoms with E-state index in [1.54, 1.807) is 0 Å². The molecule has 0 spiro atoms. The second kappa shape index (κ2) is 24.4. The fourth-order valence-corrected chi connectivity index (χ4v) is 0. The van der Waals surface area contributed by atoms with Crippen LogP contribution in [0.5, 0.6) is 0 Å². The van der Waals surface area contributed by atoms with E-state index >= 15 is 0 Å². The smallest absolute Gasteiger partial charge is 0 e. The summed E-state index contributed by atoms with van der Waals surface area (Å²) in [5.74, 6) is 0. The fourth-order valence-electron chi connectivity index (χ4n) is 0.